The summed E-state index contributed by atoms with van der Waals surface area (Å²) in [5.74, 6) is -2.47. The Labute approximate surface area is 194 Å². The number of allylic oxidation sites excluding steroid dienone is 1. The number of oxime groups is 1. The lowest BCUT2D eigenvalue weighted by Crippen LogP contribution is -2.63. The molecule has 4 rings (SSSR count). The van der Waals surface area contributed by atoms with Crippen LogP contribution in [0.3, 0.4) is 0 Å². The van der Waals surface area contributed by atoms with Gasteiger partial charge in [-0.15, -0.1) is 11.8 Å². The summed E-state index contributed by atoms with van der Waals surface area (Å²) >= 11 is 8.28. The minimum Gasteiger partial charge on any atom is -0.477 e. The van der Waals surface area contributed by atoms with Crippen LogP contribution in [0.4, 0.5) is 5.13 Å². The molecule has 168 valence electrons. The third-order valence-electron chi connectivity index (χ3n) is 5.29. The number of hydrogen-bond donors (Lipinski definition) is 4. The van der Waals surface area contributed by atoms with Gasteiger partial charge in [0.2, 0.25) is 5.91 Å². The Balaban J connectivity index is 1.49. The quantitative estimate of drug-likeness (QED) is 0.184. The van der Waals surface area contributed by atoms with Gasteiger partial charge in [0.05, 0.1) is 12.1 Å². The Morgan fingerprint density at radius 2 is 2.25 bits per heavy atom. The molecule has 2 aromatic heterocycles. The highest BCUT2D eigenvalue weighted by Gasteiger charge is 2.53. The summed E-state index contributed by atoms with van der Waals surface area (Å²) in [5, 5.41) is 28.7. The number of aromatic nitrogens is 3. The van der Waals surface area contributed by atoms with Gasteiger partial charge in [-0.05, 0) is 12.8 Å². The number of Topliss-reactive ketones (excluding diaryl/α,β-unsaturated/α-hetero) is 1. The summed E-state index contributed by atoms with van der Waals surface area (Å²) in [5.41, 5.74) is 6.02. The van der Waals surface area contributed by atoms with Crippen LogP contribution in [0, 0.1) is 5.92 Å². The molecule has 2 aromatic rings. The molecule has 2 aliphatic rings. The highest BCUT2D eigenvalue weighted by Crippen LogP contribution is 2.45. The molecule has 1 saturated heterocycles. The molecular formula is C18H17ClN6O5S2. The fourth-order valence-corrected chi connectivity index (χ4v) is 5.86. The molecular weight excluding hydrogens is 480 g/mol. The van der Waals surface area contributed by atoms with E-state index in [4.69, 9.17) is 17.3 Å². The number of rotatable bonds is 8. The van der Waals surface area contributed by atoms with Crippen molar-refractivity contribution in [1.82, 2.24) is 20.1 Å². The van der Waals surface area contributed by atoms with E-state index in [1.807, 2.05) is 0 Å². The van der Waals surface area contributed by atoms with E-state index >= 15 is 0 Å². The summed E-state index contributed by atoms with van der Waals surface area (Å²) in [6.07, 6.45) is 4.11. The van der Waals surface area contributed by atoms with Gasteiger partial charge in [-0.25, -0.2) is 9.78 Å². The molecule has 11 nitrogen and oxygen atoms in total. The number of aromatic amines is 1. The zero-order chi connectivity index (χ0) is 23.0. The van der Waals surface area contributed by atoms with Gasteiger partial charge in [-0.3, -0.25) is 14.7 Å². The summed E-state index contributed by atoms with van der Waals surface area (Å²) in [4.78, 5) is 43.3. The van der Waals surface area contributed by atoms with Gasteiger partial charge >= 0.3 is 5.97 Å². The standard InChI is InChI=1S/C18H17ClN6O5S2/c19-15-13(23-18(20)32-15)12(24-30)10(26)3-8-9-1-2-11(31-6-7-4-21-22-5-7)14(17(28)29)25(9)16(8)27/h4-5,8-9,30H,1-3,6H2,(H2,20,23)(H,21,22)(H,28,29)/b24-12+. The fraction of sp³-hybridized carbons (Fsp3) is 0.333. The minimum absolute atomic E-state index is 0.0435. The predicted octanol–water partition coefficient (Wildman–Crippen LogP) is 2.09. The summed E-state index contributed by atoms with van der Waals surface area (Å²) in [6.45, 7) is 0. The van der Waals surface area contributed by atoms with E-state index in [1.54, 1.807) is 12.4 Å². The second-order valence-corrected chi connectivity index (χ2v) is 9.85. The van der Waals surface area contributed by atoms with E-state index in [0.29, 0.717) is 23.5 Å². The molecule has 5 N–H and O–H groups in total. The Hall–Kier alpha value is -2.90. The van der Waals surface area contributed by atoms with Gasteiger partial charge in [-0.1, -0.05) is 28.1 Å². The minimum atomic E-state index is -1.19. The second kappa shape index (κ2) is 8.92. The van der Waals surface area contributed by atoms with E-state index in [1.165, 1.54) is 16.7 Å². The lowest BCUT2D eigenvalue weighted by atomic mass is 9.77. The first kappa shape index (κ1) is 22.3. The number of carbonyl (C=O) groups is 3. The van der Waals surface area contributed by atoms with Crippen molar-refractivity contribution in [3.63, 3.8) is 0 Å². The van der Waals surface area contributed by atoms with Crippen LogP contribution in [0.25, 0.3) is 0 Å². The van der Waals surface area contributed by atoms with Crippen molar-refractivity contribution in [2.75, 3.05) is 5.73 Å². The molecule has 0 aliphatic carbocycles. The van der Waals surface area contributed by atoms with Crippen molar-refractivity contribution in [2.45, 2.75) is 31.1 Å². The number of β-lactam (4-membered cyclic amide) rings is 1. The summed E-state index contributed by atoms with van der Waals surface area (Å²) in [6, 6.07) is -0.424. The van der Waals surface area contributed by atoms with Gasteiger partial charge < -0.3 is 20.9 Å². The maximum absolute atomic E-state index is 12.8. The first-order chi connectivity index (χ1) is 15.3. The molecule has 0 spiro atoms. The van der Waals surface area contributed by atoms with E-state index in [9.17, 15) is 24.7 Å². The van der Waals surface area contributed by atoms with Crippen molar-refractivity contribution in [3.8, 4) is 0 Å². The molecule has 14 heteroatoms. The average molecular weight is 497 g/mol. The lowest BCUT2D eigenvalue weighted by Gasteiger charge is -2.50. The number of ketones is 1. The smallest absolute Gasteiger partial charge is 0.353 e. The number of fused-ring (bicyclic) bond motifs is 1. The number of nitrogens with zero attached hydrogens (tertiary/aromatic N) is 4. The Morgan fingerprint density at radius 3 is 2.84 bits per heavy atom. The molecule has 0 saturated carbocycles. The third kappa shape index (κ3) is 3.98. The molecule has 1 amide bonds. The largest absolute Gasteiger partial charge is 0.477 e. The van der Waals surface area contributed by atoms with Crippen molar-refractivity contribution in [1.29, 1.82) is 0 Å². The van der Waals surface area contributed by atoms with Crippen LogP contribution in [0.15, 0.2) is 28.2 Å². The third-order valence-corrected chi connectivity index (χ3v) is 7.60. The van der Waals surface area contributed by atoms with Crippen LogP contribution >= 0.6 is 34.7 Å². The highest BCUT2D eigenvalue weighted by atomic mass is 35.5. The van der Waals surface area contributed by atoms with Crippen LogP contribution in [-0.4, -0.2) is 59.8 Å². The van der Waals surface area contributed by atoms with E-state index in [0.717, 1.165) is 16.9 Å². The number of carboxylic acids is 1. The first-order valence-electron chi connectivity index (χ1n) is 9.39. The molecule has 2 atom stereocenters. The van der Waals surface area contributed by atoms with Crippen molar-refractivity contribution < 1.29 is 24.7 Å². The number of nitrogen functional groups attached to an aromatic ring is 1. The number of anilines is 1. The number of carbonyl (C=O) groups excluding carboxylic acids is 2. The van der Waals surface area contributed by atoms with Gasteiger partial charge in [0.25, 0.3) is 0 Å². The normalized spacial score (nSPS) is 20.8. The number of nitrogens with two attached hydrogens (primary N) is 1. The molecule has 4 heterocycles. The van der Waals surface area contributed by atoms with E-state index in [2.05, 4.69) is 20.3 Å². The van der Waals surface area contributed by atoms with Gasteiger partial charge in [0.15, 0.2) is 16.6 Å². The Kier molecular flexibility index (Phi) is 6.22. The second-order valence-electron chi connectivity index (χ2n) is 7.14. The average Bonchev–Trinajstić information content (AvgIpc) is 3.39. The number of thiazole rings is 1. The van der Waals surface area contributed by atoms with Crippen molar-refractivity contribution >= 4 is 63.2 Å². The maximum atomic E-state index is 12.8. The molecule has 0 radical (unpaired) electrons. The van der Waals surface area contributed by atoms with Crippen LogP contribution in [0.5, 0.6) is 0 Å². The number of amides is 1. The van der Waals surface area contributed by atoms with E-state index in [-0.39, 0.29) is 33.0 Å². The van der Waals surface area contributed by atoms with Crippen LogP contribution in [0.1, 0.15) is 30.5 Å². The van der Waals surface area contributed by atoms with Gasteiger partial charge in [0, 0.05) is 34.9 Å². The molecule has 0 bridgehead atoms. The number of nitrogens with one attached hydrogen (secondary N) is 1. The SMILES string of the molecule is Nc1nc(/C(=N/O)C(=O)CC2C(=O)N3C(C(=O)O)=C(SCc4cn[nH]c4)CCC23)c(Cl)s1. The maximum Gasteiger partial charge on any atom is 0.353 e. The fourth-order valence-electron chi connectivity index (χ4n) is 3.85. The number of aliphatic carboxylic acids is 1. The number of halogens is 1. The molecule has 2 aliphatic heterocycles. The Morgan fingerprint density at radius 1 is 1.47 bits per heavy atom. The van der Waals surface area contributed by atoms with Crippen molar-refractivity contribution in [3.05, 3.63) is 38.6 Å². The number of H-pyrrole nitrogens is 1. The molecule has 1 fully saturated rings. The van der Waals surface area contributed by atoms with Crippen LogP contribution in [-0.2, 0) is 20.1 Å². The summed E-state index contributed by atoms with van der Waals surface area (Å²) in [7, 11) is 0. The van der Waals surface area contributed by atoms with Crippen LogP contribution in [0.2, 0.25) is 4.34 Å². The van der Waals surface area contributed by atoms with Gasteiger partial charge in [-0.2, -0.15) is 5.10 Å². The zero-order valence-electron chi connectivity index (χ0n) is 16.3. The zero-order valence-corrected chi connectivity index (χ0v) is 18.7. The number of thioether (sulfide) groups is 1. The lowest BCUT2D eigenvalue weighted by molar-refractivity contribution is -0.159. The topological polar surface area (TPSA) is 175 Å². The monoisotopic (exact) mass is 496 g/mol. The predicted molar refractivity (Wildman–Crippen MR) is 117 cm³/mol. The van der Waals surface area contributed by atoms with Crippen molar-refractivity contribution in [2.24, 2.45) is 11.1 Å². The van der Waals surface area contributed by atoms with Gasteiger partial charge in [0.1, 0.15) is 15.7 Å². The molecule has 2 unspecified atom stereocenters. The summed E-state index contributed by atoms with van der Waals surface area (Å²) < 4.78 is 0.0956. The Bertz CT molecular complexity index is 1140. The van der Waals surface area contributed by atoms with Crippen LogP contribution < -0.4 is 5.73 Å². The van der Waals surface area contributed by atoms with E-state index < -0.39 is 29.6 Å². The number of carboxylic acid groups (broad SMARTS) is 1. The molecule has 32 heavy (non-hydrogen) atoms. The first-order valence-corrected chi connectivity index (χ1v) is 11.6. The molecule has 0 aromatic carbocycles. The number of hydrogen-bond acceptors (Lipinski definition) is 10. The highest BCUT2D eigenvalue weighted by molar-refractivity contribution is 8.02.